The van der Waals surface area contributed by atoms with Crippen molar-refractivity contribution in [1.82, 2.24) is 5.32 Å². The average Bonchev–Trinajstić information content (AvgIpc) is 2.32. The summed E-state index contributed by atoms with van der Waals surface area (Å²) in [4.78, 5) is 0. The summed E-state index contributed by atoms with van der Waals surface area (Å²) in [5, 5.41) is 3.94. The van der Waals surface area contributed by atoms with E-state index in [2.05, 4.69) is 17.8 Å². The predicted octanol–water partition coefficient (Wildman–Crippen LogP) is 3.44. The summed E-state index contributed by atoms with van der Waals surface area (Å²) in [6.07, 6.45) is 8.17. The standard InChI is InChI=1S/C15H18ClN/c1-3-10-17-11-4-5-13(2)12-14-6-8-15(16)9-7-14/h1,6-9,17H,2,4-5,10-12H2. The topological polar surface area (TPSA) is 12.0 Å². The molecule has 0 radical (unpaired) electrons. The van der Waals surface area contributed by atoms with E-state index in [-0.39, 0.29) is 0 Å². The number of halogens is 1. The minimum atomic E-state index is 0.643. The Labute approximate surface area is 109 Å². The fourth-order valence-corrected chi connectivity index (χ4v) is 1.73. The Morgan fingerprint density at radius 1 is 1.35 bits per heavy atom. The number of terminal acetylenes is 1. The molecule has 0 aliphatic carbocycles. The number of nitrogens with one attached hydrogen (secondary N) is 1. The van der Waals surface area contributed by atoms with Crippen molar-refractivity contribution in [2.45, 2.75) is 19.3 Å². The Kier molecular flexibility index (Phi) is 6.47. The Hall–Kier alpha value is -1.23. The molecule has 90 valence electrons. The number of hydrogen-bond donors (Lipinski definition) is 1. The van der Waals surface area contributed by atoms with Gasteiger partial charge >= 0.3 is 0 Å². The molecule has 1 aromatic carbocycles. The first-order valence-electron chi connectivity index (χ1n) is 5.77. The van der Waals surface area contributed by atoms with Gasteiger partial charge in [0.15, 0.2) is 0 Å². The molecule has 0 unspecified atom stereocenters. The monoisotopic (exact) mass is 247 g/mol. The molecule has 0 fully saturated rings. The van der Waals surface area contributed by atoms with Crippen LogP contribution in [0.3, 0.4) is 0 Å². The second-order valence-corrected chi connectivity index (χ2v) is 4.47. The van der Waals surface area contributed by atoms with E-state index in [0.717, 1.165) is 30.8 Å². The summed E-state index contributed by atoms with van der Waals surface area (Å²) < 4.78 is 0. The molecule has 1 rings (SSSR count). The van der Waals surface area contributed by atoms with Crippen LogP contribution < -0.4 is 5.32 Å². The predicted molar refractivity (Wildman–Crippen MR) is 75.2 cm³/mol. The Morgan fingerprint density at radius 2 is 2.06 bits per heavy atom. The van der Waals surface area contributed by atoms with Gasteiger partial charge in [-0.1, -0.05) is 41.8 Å². The molecule has 0 saturated heterocycles. The van der Waals surface area contributed by atoms with E-state index < -0.39 is 0 Å². The van der Waals surface area contributed by atoms with Crippen LogP contribution in [0.2, 0.25) is 5.02 Å². The maximum Gasteiger partial charge on any atom is 0.0573 e. The maximum absolute atomic E-state index is 5.83. The highest BCUT2D eigenvalue weighted by molar-refractivity contribution is 6.30. The van der Waals surface area contributed by atoms with E-state index in [1.165, 1.54) is 11.1 Å². The zero-order valence-electron chi connectivity index (χ0n) is 10.0. The molecule has 0 amide bonds. The van der Waals surface area contributed by atoms with E-state index in [1.54, 1.807) is 0 Å². The Balaban J connectivity index is 2.21. The van der Waals surface area contributed by atoms with Crippen LogP contribution in [0.25, 0.3) is 0 Å². The van der Waals surface area contributed by atoms with Gasteiger partial charge in [-0.25, -0.2) is 0 Å². The van der Waals surface area contributed by atoms with E-state index in [9.17, 15) is 0 Å². The van der Waals surface area contributed by atoms with Gasteiger partial charge in [0.2, 0.25) is 0 Å². The number of allylic oxidation sites excluding steroid dienone is 1. The van der Waals surface area contributed by atoms with Crippen LogP contribution in [0.1, 0.15) is 18.4 Å². The van der Waals surface area contributed by atoms with E-state index in [4.69, 9.17) is 18.0 Å². The first kappa shape index (κ1) is 13.8. The lowest BCUT2D eigenvalue weighted by atomic mass is 10.0. The molecule has 0 atom stereocenters. The summed E-state index contributed by atoms with van der Waals surface area (Å²) in [6.45, 7) is 5.68. The maximum atomic E-state index is 5.83. The SMILES string of the molecule is C#CCNCCCC(=C)Cc1ccc(Cl)cc1. The zero-order valence-corrected chi connectivity index (χ0v) is 10.8. The van der Waals surface area contributed by atoms with E-state index >= 15 is 0 Å². The lowest BCUT2D eigenvalue weighted by Gasteiger charge is -2.06. The first-order chi connectivity index (χ1) is 8.22. The van der Waals surface area contributed by atoms with Crippen molar-refractivity contribution >= 4 is 11.6 Å². The number of rotatable bonds is 7. The molecular weight excluding hydrogens is 230 g/mol. The lowest BCUT2D eigenvalue weighted by Crippen LogP contribution is -2.15. The van der Waals surface area contributed by atoms with Crippen molar-refractivity contribution in [1.29, 1.82) is 0 Å². The first-order valence-corrected chi connectivity index (χ1v) is 6.15. The van der Waals surface area contributed by atoms with Gasteiger partial charge in [-0.05, 0) is 43.5 Å². The van der Waals surface area contributed by atoms with Gasteiger partial charge in [-0.3, -0.25) is 0 Å². The van der Waals surface area contributed by atoms with Crippen molar-refractivity contribution < 1.29 is 0 Å². The van der Waals surface area contributed by atoms with Gasteiger partial charge in [-0.15, -0.1) is 6.42 Å². The van der Waals surface area contributed by atoms with E-state index in [0.29, 0.717) is 6.54 Å². The van der Waals surface area contributed by atoms with Crippen LogP contribution in [-0.2, 0) is 6.42 Å². The Morgan fingerprint density at radius 3 is 2.71 bits per heavy atom. The van der Waals surface area contributed by atoms with Gasteiger partial charge < -0.3 is 5.32 Å². The van der Waals surface area contributed by atoms with Crippen LogP contribution in [0.4, 0.5) is 0 Å². The van der Waals surface area contributed by atoms with E-state index in [1.807, 2.05) is 24.3 Å². The quantitative estimate of drug-likeness (QED) is 0.442. The van der Waals surface area contributed by atoms with Crippen LogP contribution in [-0.4, -0.2) is 13.1 Å². The molecule has 0 heterocycles. The highest BCUT2D eigenvalue weighted by atomic mass is 35.5. The largest absolute Gasteiger partial charge is 0.306 e. The molecule has 0 aromatic heterocycles. The molecule has 0 aliphatic rings. The molecule has 17 heavy (non-hydrogen) atoms. The van der Waals surface area contributed by atoms with Crippen LogP contribution in [0, 0.1) is 12.3 Å². The third-order valence-electron chi connectivity index (χ3n) is 2.48. The molecule has 2 heteroatoms. The van der Waals surface area contributed by atoms with Crippen LogP contribution in [0.5, 0.6) is 0 Å². The van der Waals surface area contributed by atoms with Crippen molar-refractivity contribution in [2.24, 2.45) is 0 Å². The molecule has 0 spiro atoms. The third-order valence-corrected chi connectivity index (χ3v) is 2.73. The average molecular weight is 248 g/mol. The minimum Gasteiger partial charge on any atom is -0.306 e. The summed E-state index contributed by atoms with van der Waals surface area (Å²) >= 11 is 5.83. The van der Waals surface area contributed by atoms with Gasteiger partial charge in [0.05, 0.1) is 6.54 Å². The smallest absolute Gasteiger partial charge is 0.0573 e. The molecule has 1 N–H and O–H groups in total. The minimum absolute atomic E-state index is 0.643. The molecular formula is C15H18ClN. The van der Waals surface area contributed by atoms with Crippen LogP contribution >= 0.6 is 11.6 Å². The van der Waals surface area contributed by atoms with Gasteiger partial charge in [0.1, 0.15) is 0 Å². The second-order valence-electron chi connectivity index (χ2n) is 4.04. The molecule has 0 aliphatic heterocycles. The summed E-state index contributed by atoms with van der Waals surface area (Å²) in [6, 6.07) is 7.92. The van der Waals surface area contributed by atoms with Crippen molar-refractivity contribution in [3.63, 3.8) is 0 Å². The normalized spacial score (nSPS) is 9.88. The van der Waals surface area contributed by atoms with Gasteiger partial charge in [0.25, 0.3) is 0 Å². The van der Waals surface area contributed by atoms with Crippen LogP contribution in [0.15, 0.2) is 36.4 Å². The van der Waals surface area contributed by atoms with Crippen molar-refractivity contribution in [3.05, 3.63) is 47.0 Å². The fourth-order valence-electron chi connectivity index (χ4n) is 1.60. The summed E-state index contributed by atoms with van der Waals surface area (Å²) in [7, 11) is 0. The van der Waals surface area contributed by atoms with Gasteiger partial charge in [0, 0.05) is 5.02 Å². The second kappa shape index (κ2) is 7.95. The highest BCUT2D eigenvalue weighted by Crippen LogP contribution is 2.14. The highest BCUT2D eigenvalue weighted by Gasteiger charge is 1.98. The molecule has 0 bridgehead atoms. The zero-order chi connectivity index (χ0) is 12.5. The number of hydrogen-bond acceptors (Lipinski definition) is 1. The molecule has 1 nitrogen and oxygen atoms in total. The molecule has 0 saturated carbocycles. The van der Waals surface area contributed by atoms with Crippen molar-refractivity contribution in [2.75, 3.05) is 13.1 Å². The van der Waals surface area contributed by atoms with Crippen molar-refractivity contribution in [3.8, 4) is 12.3 Å². The summed E-state index contributed by atoms with van der Waals surface area (Å²) in [5.74, 6) is 2.55. The summed E-state index contributed by atoms with van der Waals surface area (Å²) in [5.41, 5.74) is 2.51. The molecule has 1 aromatic rings. The fraction of sp³-hybridized carbons (Fsp3) is 0.333. The Bertz CT molecular complexity index is 386. The lowest BCUT2D eigenvalue weighted by molar-refractivity contribution is 0.690. The van der Waals surface area contributed by atoms with Gasteiger partial charge in [-0.2, -0.15) is 0 Å². The third kappa shape index (κ3) is 6.16. The number of benzene rings is 1.